The number of rotatable bonds is 3. The van der Waals surface area contributed by atoms with E-state index >= 15 is 0 Å². The van der Waals surface area contributed by atoms with E-state index in [1.165, 1.54) is 4.90 Å². The predicted molar refractivity (Wildman–Crippen MR) is 52.3 cm³/mol. The summed E-state index contributed by atoms with van der Waals surface area (Å²) in [6.45, 7) is 2.25. The van der Waals surface area contributed by atoms with Crippen LogP contribution in [0.2, 0.25) is 0 Å². The summed E-state index contributed by atoms with van der Waals surface area (Å²) in [6, 6.07) is -0.630. The van der Waals surface area contributed by atoms with Gasteiger partial charge in [0.2, 0.25) is 0 Å². The molecule has 2 aliphatic heterocycles. The van der Waals surface area contributed by atoms with Gasteiger partial charge in [0.15, 0.2) is 0 Å². The SMILES string of the molecule is CCCC[C@H]1[C@H](O)[C@H](O)[C@@H]2COC(=O)N12. The van der Waals surface area contributed by atoms with E-state index < -0.39 is 18.3 Å². The molecule has 0 aromatic rings. The third-order valence-electron chi connectivity index (χ3n) is 3.29. The molecule has 4 atom stereocenters. The third-order valence-corrected chi connectivity index (χ3v) is 3.29. The van der Waals surface area contributed by atoms with Gasteiger partial charge in [-0.05, 0) is 6.42 Å². The van der Waals surface area contributed by atoms with Gasteiger partial charge in [-0.2, -0.15) is 0 Å². The van der Waals surface area contributed by atoms with Crippen molar-refractivity contribution in [1.29, 1.82) is 0 Å². The summed E-state index contributed by atoms with van der Waals surface area (Å²) in [5.41, 5.74) is 0. The Balaban J connectivity index is 2.10. The minimum absolute atomic E-state index is 0.194. The van der Waals surface area contributed by atoms with E-state index in [-0.39, 0.29) is 18.7 Å². The molecular formula is C10H17NO4. The van der Waals surface area contributed by atoms with Crippen molar-refractivity contribution in [2.45, 2.75) is 50.5 Å². The van der Waals surface area contributed by atoms with Gasteiger partial charge in [0.25, 0.3) is 0 Å². The van der Waals surface area contributed by atoms with Gasteiger partial charge in [-0.15, -0.1) is 0 Å². The molecule has 2 heterocycles. The molecule has 0 saturated carbocycles. The van der Waals surface area contributed by atoms with Gasteiger partial charge >= 0.3 is 6.09 Å². The van der Waals surface area contributed by atoms with Crippen LogP contribution in [0.5, 0.6) is 0 Å². The molecule has 0 aliphatic carbocycles. The summed E-state index contributed by atoms with van der Waals surface area (Å²) in [4.78, 5) is 12.9. The van der Waals surface area contributed by atoms with E-state index in [1.54, 1.807) is 0 Å². The normalized spacial score (nSPS) is 39.4. The second kappa shape index (κ2) is 3.98. The molecule has 0 aromatic heterocycles. The van der Waals surface area contributed by atoms with Crippen molar-refractivity contribution in [3.8, 4) is 0 Å². The Morgan fingerprint density at radius 1 is 1.47 bits per heavy atom. The zero-order valence-electron chi connectivity index (χ0n) is 8.80. The third kappa shape index (κ3) is 1.59. The zero-order chi connectivity index (χ0) is 11.0. The minimum Gasteiger partial charge on any atom is -0.447 e. The number of hydrogen-bond acceptors (Lipinski definition) is 4. The Bertz CT molecular complexity index is 258. The average Bonchev–Trinajstić information content (AvgIpc) is 2.69. The van der Waals surface area contributed by atoms with Crippen molar-refractivity contribution < 1.29 is 19.7 Å². The number of cyclic esters (lactones) is 1. The number of aliphatic hydroxyl groups is 2. The summed E-state index contributed by atoms with van der Waals surface area (Å²) in [5.74, 6) is 0. The van der Waals surface area contributed by atoms with Gasteiger partial charge < -0.3 is 14.9 Å². The highest BCUT2D eigenvalue weighted by atomic mass is 16.6. The summed E-state index contributed by atoms with van der Waals surface area (Å²) in [5, 5.41) is 19.5. The highest BCUT2D eigenvalue weighted by molar-refractivity contribution is 5.71. The quantitative estimate of drug-likeness (QED) is 0.700. The maximum absolute atomic E-state index is 11.4. The molecule has 5 nitrogen and oxygen atoms in total. The molecule has 5 heteroatoms. The lowest BCUT2D eigenvalue weighted by Crippen LogP contribution is -2.38. The molecule has 0 unspecified atom stereocenters. The Labute approximate surface area is 88.6 Å². The molecule has 0 radical (unpaired) electrons. The lowest BCUT2D eigenvalue weighted by molar-refractivity contribution is 0.0169. The van der Waals surface area contributed by atoms with E-state index in [1.807, 2.05) is 0 Å². The summed E-state index contributed by atoms with van der Waals surface area (Å²) in [7, 11) is 0. The second-order valence-electron chi connectivity index (χ2n) is 4.24. The van der Waals surface area contributed by atoms with Crippen molar-refractivity contribution in [3.63, 3.8) is 0 Å². The standard InChI is InChI=1S/C10H17NO4/c1-2-3-4-6-8(12)9(13)7-5-15-10(14)11(6)7/h6-9,12-13H,2-5H2,1H3/t6-,7-,8-,9+/m0/s1. The lowest BCUT2D eigenvalue weighted by atomic mass is 10.0. The monoisotopic (exact) mass is 215 g/mol. The number of amides is 1. The molecule has 2 aliphatic rings. The fourth-order valence-corrected chi connectivity index (χ4v) is 2.43. The minimum atomic E-state index is -0.863. The van der Waals surface area contributed by atoms with Crippen LogP contribution in [-0.4, -0.2) is 52.1 Å². The van der Waals surface area contributed by atoms with Crippen molar-refractivity contribution in [2.24, 2.45) is 0 Å². The van der Waals surface area contributed by atoms with Gasteiger partial charge in [-0.1, -0.05) is 19.8 Å². The van der Waals surface area contributed by atoms with Crippen LogP contribution in [0.15, 0.2) is 0 Å². The molecule has 2 saturated heterocycles. The molecule has 15 heavy (non-hydrogen) atoms. The number of carbonyl (C=O) groups is 1. The largest absolute Gasteiger partial charge is 0.447 e. The number of ether oxygens (including phenoxy) is 1. The van der Waals surface area contributed by atoms with Crippen molar-refractivity contribution >= 4 is 6.09 Å². The number of fused-ring (bicyclic) bond motifs is 1. The number of carbonyl (C=O) groups excluding carboxylic acids is 1. The second-order valence-corrected chi connectivity index (χ2v) is 4.24. The maximum Gasteiger partial charge on any atom is 0.410 e. The summed E-state index contributed by atoms with van der Waals surface area (Å²) >= 11 is 0. The predicted octanol–water partition coefficient (Wildman–Crippen LogP) is 0.101. The first-order valence-electron chi connectivity index (χ1n) is 5.48. The van der Waals surface area contributed by atoms with Crippen LogP contribution in [-0.2, 0) is 4.74 Å². The van der Waals surface area contributed by atoms with Crippen LogP contribution >= 0.6 is 0 Å². The number of hydrogen-bond donors (Lipinski definition) is 2. The molecule has 1 amide bonds. The van der Waals surface area contributed by atoms with Gasteiger partial charge in [-0.3, -0.25) is 4.90 Å². The molecule has 0 spiro atoms. The van der Waals surface area contributed by atoms with Crippen LogP contribution in [0.3, 0.4) is 0 Å². The Hall–Kier alpha value is -0.810. The average molecular weight is 215 g/mol. The van der Waals surface area contributed by atoms with E-state index in [9.17, 15) is 15.0 Å². The molecule has 0 aromatic carbocycles. The van der Waals surface area contributed by atoms with Crippen LogP contribution in [0.4, 0.5) is 4.79 Å². The van der Waals surface area contributed by atoms with E-state index in [2.05, 4.69) is 6.92 Å². The van der Waals surface area contributed by atoms with Crippen LogP contribution in [0, 0.1) is 0 Å². The smallest absolute Gasteiger partial charge is 0.410 e. The van der Waals surface area contributed by atoms with Crippen LogP contribution in [0.25, 0.3) is 0 Å². The van der Waals surface area contributed by atoms with Crippen molar-refractivity contribution in [1.82, 2.24) is 4.90 Å². The first-order valence-corrected chi connectivity index (χ1v) is 5.48. The Morgan fingerprint density at radius 3 is 2.87 bits per heavy atom. The van der Waals surface area contributed by atoms with Gasteiger partial charge in [0, 0.05) is 0 Å². The van der Waals surface area contributed by atoms with Crippen LogP contribution in [0.1, 0.15) is 26.2 Å². The molecule has 86 valence electrons. The van der Waals surface area contributed by atoms with Gasteiger partial charge in [-0.25, -0.2) is 4.79 Å². The highest BCUT2D eigenvalue weighted by Gasteiger charge is 2.53. The Kier molecular flexibility index (Phi) is 2.84. The Morgan fingerprint density at radius 2 is 2.20 bits per heavy atom. The highest BCUT2D eigenvalue weighted by Crippen LogP contribution is 2.32. The molecule has 2 fully saturated rings. The maximum atomic E-state index is 11.4. The number of aliphatic hydroxyl groups excluding tert-OH is 2. The van der Waals surface area contributed by atoms with Gasteiger partial charge in [0.1, 0.15) is 18.8 Å². The number of unbranched alkanes of at least 4 members (excludes halogenated alkanes) is 1. The van der Waals surface area contributed by atoms with Crippen molar-refractivity contribution in [2.75, 3.05) is 6.61 Å². The molecular weight excluding hydrogens is 198 g/mol. The van der Waals surface area contributed by atoms with E-state index in [4.69, 9.17) is 4.74 Å². The zero-order valence-corrected chi connectivity index (χ0v) is 8.80. The van der Waals surface area contributed by atoms with Crippen LogP contribution < -0.4 is 0 Å². The lowest BCUT2D eigenvalue weighted by Gasteiger charge is -2.22. The summed E-state index contributed by atoms with van der Waals surface area (Å²) in [6.07, 6.45) is 0.572. The molecule has 2 rings (SSSR count). The molecule has 0 bridgehead atoms. The van der Waals surface area contributed by atoms with E-state index in [0.717, 1.165) is 19.3 Å². The summed E-state index contributed by atoms with van der Waals surface area (Å²) < 4.78 is 4.86. The van der Waals surface area contributed by atoms with E-state index in [0.29, 0.717) is 0 Å². The first-order chi connectivity index (χ1) is 7.16. The first kappa shape index (κ1) is 10.7. The fourth-order valence-electron chi connectivity index (χ4n) is 2.43. The number of nitrogens with zero attached hydrogens (tertiary/aromatic N) is 1. The van der Waals surface area contributed by atoms with Crippen molar-refractivity contribution in [3.05, 3.63) is 0 Å². The van der Waals surface area contributed by atoms with Gasteiger partial charge in [0.05, 0.1) is 12.1 Å². The fraction of sp³-hybridized carbons (Fsp3) is 0.900. The molecule has 2 N–H and O–H groups in total. The topological polar surface area (TPSA) is 70.0 Å².